The van der Waals surface area contributed by atoms with Crippen molar-refractivity contribution in [2.45, 2.75) is 33.2 Å². The Morgan fingerprint density at radius 3 is 2.81 bits per heavy atom. The van der Waals surface area contributed by atoms with Crippen LogP contribution >= 0.6 is 0 Å². The van der Waals surface area contributed by atoms with Crippen LogP contribution in [0.2, 0.25) is 0 Å². The van der Waals surface area contributed by atoms with E-state index in [0.717, 1.165) is 24.2 Å². The van der Waals surface area contributed by atoms with E-state index >= 15 is 0 Å². The summed E-state index contributed by atoms with van der Waals surface area (Å²) in [5.41, 5.74) is 8.19. The van der Waals surface area contributed by atoms with Gasteiger partial charge in [-0.15, -0.1) is 0 Å². The molecule has 1 amide bonds. The molecule has 1 unspecified atom stereocenters. The number of carbonyl (C=O) groups is 1. The highest BCUT2D eigenvalue weighted by Crippen LogP contribution is 2.18. The summed E-state index contributed by atoms with van der Waals surface area (Å²) in [6, 6.07) is 5.86. The molecule has 0 saturated heterocycles. The van der Waals surface area contributed by atoms with Gasteiger partial charge in [0.15, 0.2) is 0 Å². The second-order valence-electron chi connectivity index (χ2n) is 5.34. The first-order valence-corrected chi connectivity index (χ1v) is 7.36. The second-order valence-corrected chi connectivity index (χ2v) is 5.34. The van der Waals surface area contributed by atoms with E-state index in [4.69, 9.17) is 10.5 Å². The Morgan fingerprint density at radius 1 is 1.48 bits per heavy atom. The first-order chi connectivity index (χ1) is 9.97. The largest absolute Gasteiger partial charge is 0.399 e. The molecule has 0 aliphatic rings. The predicted molar refractivity (Wildman–Crippen MR) is 87.4 cm³/mol. The Labute approximate surface area is 127 Å². The molecule has 1 atom stereocenters. The molecule has 0 fully saturated rings. The lowest BCUT2D eigenvalue weighted by Gasteiger charge is -2.27. The summed E-state index contributed by atoms with van der Waals surface area (Å²) in [7, 11) is 1.67. The molecule has 1 aromatic carbocycles. The number of nitrogens with zero attached hydrogens (tertiary/aromatic N) is 1. The summed E-state index contributed by atoms with van der Waals surface area (Å²) in [5, 5.41) is 2.94. The van der Waals surface area contributed by atoms with Gasteiger partial charge in [-0.3, -0.25) is 9.69 Å². The number of nitrogen functional groups attached to an aromatic ring is 1. The number of nitrogens with two attached hydrogens (primary N) is 1. The monoisotopic (exact) mass is 293 g/mol. The lowest BCUT2D eigenvalue weighted by Crippen LogP contribution is -2.41. The maximum Gasteiger partial charge on any atom is 0.238 e. The number of carbonyl (C=O) groups excluding carboxylic acids is 1. The van der Waals surface area contributed by atoms with Crippen molar-refractivity contribution >= 4 is 17.3 Å². The predicted octanol–water partition coefficient (Wildman–Crippen LogP) is 2.26. The van der Waals surface area contributed by atoms with E-state index in [1.165, 1.54) is 0 Å². The van der Waals surface area contributed by atoms with Crippen LogP contribution < -0.4 is 11.1 Å². The van der Waals surface area contributed by atoms with Gasteiger partial charge in [0, 0.05) is 31.1 Å². The third-order valence-corrected chi connectivity index (χ3v) is 3.68. The first kappa shape index (κ1) is 17.5. The Morgan fingerprint density at radius 2 is 2.19 bits per heavy atom. The molecular formula is C16H27N3O2. The van der Waals surface area contributed by atoms with Gasteiger partial charge in [0.1, 0.15) is 0 Å². The molecule has 0 radical (unpaired) electrons. The number of hydrogen-bond donors (Lipinski definition) is 2. The van der Waals surface area contributed by atoms with Gasteiger partial charge in [-0.2, -0.15) is 0 Å². The molecule has 0 saturated carbocycles. The van der Waals surface area contributed by atoms with Gasteiger partial charge in [0.25, 0.3) is 0 Å². The van der Waals surface area contributed by atoms with Crippen LogP contribution in [0.25, 0.3) is 0 Å². The van der Waals surface area contributed by atoms with Gasteiger partial charge in [-0.1, -0.05) is 13.0 Å². The maximum absolute atomic E-state index is 12.2. The van der Waals surface area contributed by atoms with Crippen LogP contribution in [0.3, 0.4) is 0 Å². The van der Waals surface area contributed by atoms with Crippen molar-refractivity contribution in [3.8, 4) is 0 Å². The fourth-order valence-electron chi connectivity index (χ4n) is 2.07. The zero-order valence-corrected chi connectivity index (χ0v) is 13.5. The minimum Gasteiger partial charge on any atom is -0.399 e. The average molecular weight is 293 g/mol. The number of anilines is 2. The van der Waals surface area contributed by atoms with Crippen molar-refractivity contribution in [2.24, 2.45) is 0 Å². The average Bonchev–Trinajstić information content (AvgIpc) is 2.46. The summed E-state index contributed by atoms with van der Waals surface area (Å²) < 4.78 is 5.11. The Balaban J connectivity index is 2.66. The zero-order chi connectivity index (χ0) is 15.8. The minimum absolute atomic E-state index is 0.0277. The van der Waals surface area contributed by atoms with Gasteiger partial charge in [0.2, 0.25) is 5.91 Å². The molecule has 21 heavy (non-hydrogen) atoms. The lowest BCUT2D eigenvalue weighted by molar-refractivity contribution is -0.118. The van der Waals surface area contributed by atoms with Gasteiger partial charge in [-0.25, -0.2) is 0 Å². The summed E-state index contributed by atoms with van der Waals surface area (Å²) in [6.07, 6.45) is 0.994. The molecule has 1 aromatic rings. The zero-order valence-electron chi connectivity index (χ0n) is 13.5. The molecule has 5 nitrogen and oxygen atoms in total. The van der Waals surface area contributed by atoms with Crippen LogP contribution in [-0.2, 0) is 9.53 Å². The van der Waals surface area contributed by atoms with Crippen molar-refractivity contribution in [3.63, 3.8) is 0 Å². The molecule has 5 heteroatoms. The minimum atomic E-state index is -0.0277. The lowest BCUT2D eigenvalue weighted by atomic mass is 10.1. The molecule has 118 valence electrons. The van der Waals surface area contributed by atoms with E-state index in [2.05, 4.69) is 24.1 Å². The molecular weight excluding hydrogens is 266 g/mol. The van der Waals surface area contributed by atoms with Crippen molar-refractivity contribution in [3.05, 3.63) is 23.8 Å². The molecule has 0 spiro atoms. The smallest absolute Gasteiger partial charge is 0.238 e. The van der Waals surface area contributed by atoms with Crippen molar-refractivity contribution < 1.29 is 9.53 Å². The normalized spacial score (nSPS) is 12.4. The summed E-state index contributed by atoms with van der Waals surface area (Å²) in [4.78, 5) is 14.4. The van der Waals surface area contributed by atoms with E-state index in [-0.39, 0.29) is 5.91 Å². The molecule has 0 aliphatic carbocycles. The third kappa shape index (κ3) is 5.73. The fraction of sp³-hybridized carbons (Fsp3) is 0.562. The van der Waals surface area contributed by atoms with Crippen LogP contribution in [0.4, 0.5) is 11.4 Å². The van der Waals surface area contributed by atoms with E-state index in [0.29, 0.717) is 24.9 Å². The van der Waals surface area contributed by atoms with Crippen molar-refractivity contribution in [1.82, 2.24) is 4.90 Å². The summed E-state index contributed by atoms with van der Waals surface area (Å²) >= 11 is 0. The topological polar surface area (TPSA) is 67.6 Å². The van der Waals surface area contributed by atoms with Crippen molar-refractivity contribution in [1.29, 1.82) is 0 Å². The number of methoxy groups -OCH3 is 1. The number of ether oxygens (including phenoxy) is 1. The Bertz CT molecular complexity index is 463. The van der Waals surface area contributed by atoms with E-state index in [1.807, 2.05) is 19.1 Å². The quantitative estimate of drug-likeness (QED) is 0.722. The molecule has 0 heterocycles. The van der Waals surface area contributed by atoms with Crippen molar-refractivity contribution in [2.75, 3.05) is 37.9 Å². The number of hydrogen-bond acceptors (Lipinski definition) is 4. The van der Waals surface area contributed by atoms with E-state index in [9.17, 15) is 4.79 Å². The van der Waals surface area contributed by atoms with E-state index < -0.39 is 0 Å². The molecule has 3 N–H and O–H groups in total. The molecule has 0 bridgehead atoms. The van der Waals surface area contributed by atoms with Gasteiger partial charge < -0.3 is 15.8 Å². The van der Waals surface area contributed by atoms with Crippen LogP contribution in [0.1, 0.15) is 25.8 Å². The number of rotatable bonds is 8. The van der Waals surface area contributed by atoms with Crippen LogP contribution in [0.15, 0.2) is 18.2 Å². The van der Waals surface area contributed by atoms with Gasteiger partial charge in [-0.05, 0) is 38.0 Å². The Hall–Kier alpha value is -1.59. The highest BCUT2D eigenvalue weighted by Gasteiger charge is 2.16. The maximum atomic E-state index is 12.2. The standard InChI is InChI=1S/C16H27N3O2/c1-5-13(3)19(8-9-21-4)11-16(20)18-15-10-14(17)7-6-12(15)2/h6-7,10,13H,5,8-9,11,17H2,1-4H3,(H,18,20). The summed E-state index contributed by atoms with van der Waals surface area (Å²) in [6.45, 7) is 7.90. The highest BCUT2D eigenvalue weighted by molar-refractivity contribution is 5.93. The Kier molecular flexibility index (Phi) is 7.19. The SMILES string of the molecule is CCC(C)N(CCOC)CC(=O)Nc1cc(N)ccc1C. The van der Waals surface area contributed by atoms with Crippen LogP contribution in [-0.4, -0.2) is 43.7 Å². The second kappa shape index (κ2) is 8.64. The highest BCUT2D eigenvalue weighted by atomic mass is 16.5. The number of amides is 1. The van der Waals surface area contributed by atoms with Crippen LogP contribution in [0, 0.1) is 6.92 Å². The van der Waals surface area contributed by atoms with Crippen LogP contribution in [0.5, 0.6) is 0 Å². The first-order valence-electron chi connectivity index (χ1n) is 7.36. The number of aryl methyl sites for hydroxylation is 1. The number of nitrogens with one attached hydrogen (secondary N) is 1. The van der Waals surface area contributed by atoms with Gasteiger partial charge in [0.05, 0.1) is 13.2 Å². The third-order valence-electron chi connectivity index (χ3n) is 3.68. The molecule has 0 aromatic heterocycles. The van der Waals surface area contributed by atoms with E-state index in [1.54, 1.807) is 13.2 Å². The molecule has 0 aliphatic heterocycles. The number of benzene rings is 1. The molecule has 1 rings (SSSR count). The fourth-order valence-corrected chi connectivity index (χ4v) is 2.07. The van der Waals surface area contributed by atoms with Gasteiger partial charge >= 0.3 is 0 Å². The summed E-state index contributed by atoms with van der Waals surface area (Å²) in [5.74, 6) is -0.0277.